The quantitative estimate of drug-likeness (QED) is 0.524. The van der Waals surface area contributed by atoms with E-state index in [-0.39, 0.29) is 20.6 Å². The fraction of sp³-hybridized carbons (Fsp3) is 0.111. The van der Waals surface area contributed by atoms with Gasteiger partial charge >= 0.3 is 0 Å². The number of benzene rings is 2. The predicted octanol–water partition coefficient (Wildman–Crippen LogP) is 4.55. The number of imidazole rings is 1. The van der Waals surface area contributed by atoms with E-state index >= 15 is 0 Å². The fourth-order valence-corrected chi connectivity index (χ4v) is 5.18. The van der Waals surface area contributed by atoms with Crippen molar-refractivity contribution >= 4 is 50.4 Å². The Kier molecular flexibility index (Phi) is 5.91. The number of hydrogen-bond acceptors (Lipinski definition) is 4. The smallest absolute Gasteiger partial charge is 0.198 e. The number of ketones is 1. The van der Waals surface area contributed by atoms with Crippen LogP contribution in [0.4, 0.5) is 0 Å². The van der Waals surface area contributed by atoms with E-state index in [1.165, 1.54) is 30.7 Å². The van der Waals surface area contributed by atoms with Crippen molar-refractivity contribution in [1.82, 2.24) is 9.55 Å². The van der Waals surface area contributed by atoms with Crippen LogP contribution in [0.5, 0.6) is 0 Å². The molecule has 1 aromatic heterocycles. The van der Waals surface area contributed by atoms with Crippen LogP contribution in [0.25, 0.3) is 0 Å². The number of Topliss-reactive ketones (excluding diaryl/α,β-unsaturated/α-hetero) is 1. The Morgan fingerprint density at radius 3 is 2.26 bits per heavy atom. The van der Waals surface area contributed by atoms with Gasteiger partial charge in [0.25, 0.3) is 0 Å². The van der Waals surface area contributed by atoms with Gasteiger partial charge in [0.15, 0.2) is 15.6 Å². The van der Waals surface area contributed by atoms with Crippen molar-refractivity contribution in [3.05, 3.63) is 81.3 Å². The summed E-state index contributed by atoms with van der Waals surface area (Å²) in [7, 11) is -4.01. The van der Waals surface area contributed by atoms with Crippen LogP contribution in [-0.4, -0.2) is 29.5 Å². The molecule has 0 unspecified atom stereocenters. The maximum Gasteiger partial charge on any atom is 0.198 e. The average molecular weight is 444 g/mol. The van der Waals surface area contributed by atoms with E-state index in [2.05, 4.69) is 4.98 Å². The topological polar surface area (TPSA) is 69.0 Å². The Morgan fingerprint density at radius 1 is 0.963 bits per heavy atom. The number of sulfone groups is 1. The highest BCUT2D eigenvalue weighted by atomic mass is 35.5. The molecule has 3 rings (SSSR count). The Hall–Kier alpha value is -1.86. The summed E-state index contributed by atoms with van der Waals surface area (Å²) in [5, 5.41) is 0.536. The molecule has 0 aliphatic heterocycles. The number of carbonyl (C=O) groups excluding carboxylic acids is 1. The molecule has 0 amide bonds. The normalized spacial score (nSPS) is 11.5. The first-order chi connectivity index (χ1) is 12.8. The van der Waals surface area contributed by atoms with Gasteiger partial charge in [0.05, 0.1) is 16.4 Å². The molecule has 0 spiro atoms. The number of nitrogens with zero attached hydrogens (tertiary/aromatic N) is 2. The first-order valence-electron chi connectivity index (χ1n) is 7.73. The zero-order chi connectivity index (χ0) is 19.6. The van der Waals surface area contributed by atoms with Gasteiger partial charge in [-0.1, -0.05) is 59.1 Å². The largest absolute Gasteiger partial charge is 0.332 e. The summed E-state index contributed by atoms with van der Waals surface area (Å²) >= 11 is 18.0. The SMILES string of the molecule is O=C(CS(=O)(=O)c1c(Cl)cccc1Cl)c1cn(Cc2ccccc2Cl)cn1. The van der Waals surface area contributed by atoms with Gasteiger partial charge in [0, 0.05) is 17.8 Å². The highest BCUT2D eigenvalue weighted by Crippen LogP contribution is 2.30. The van der Waals surface area contributed by atoms with Crippen LogP contribution in [0.15, 0.2) is 59.9 Å². The zero-order valence-corrected chi connectivity index (χ0v) is 16.9. The second kappa shape index (κ2) is 8.02. The lowest BCUT2D eigenvalue weighted by Crippen LogP contribution is -2.17. The maximum absolute atomic E-state index is 12.6. The molecule has 1 heterocycles. The molecule has 0 atom stereocenters. The summed E-state index contributed by atoms with van der Waals surface area (Å²) in [4.78, 5) is 16.2. The molecule has 5 nitrogen and oxygen atoms in total. The van der Waals surface area contributed by atoms with Gasteiger partial charge in [-0.2, -0.15) is 0 Å². The number of carbonyl (C=O) groups is 1. The molecule has 0 bridgehead atoms. The predicted molar refractivity (Wildman–Crippen MR) is 106 cm³/mol. The Morgan fingerprint density at radius 2 is 1.59 bits per heavy atom. The van der Waals surface area contributed by atoms with Crippen LogP contribution in [-0.2, 0) is 16.4 Å². The van der Waals surface area contributed by atoms with E-state index in [1.807, 2.05) is 18.2 Å². The molecule has 0 saturated heterocycles. The van der Waals surface area contributed by atoms with Crippen molar-refractivity contribution in [2.45, 2.75) is 11.4 Å². The Bertz CT molecular complexity index is 1090. The third-order valence-electron chi connectivity index (χ3n) is 3.78. The molecule has 0 aliphatic carbocycles. The molecule has 0 aliphatic rings. The van der Waals surface area contributed by atoms with Crippen molar-refractivity contribution < 1.29 is 13.2 Å². The minimum atomic E-state index is -4.01. The van der Waals surface area contributed by atoms with E-state index in [0.29, 0.717) is 11.6 Å². The molecule has 3 aromatic rings. The Balaban J connectivity index is 1.79. The number of hydrogen-bond donors (Lipinski definition) is 0. The van der Waals surface area contributed by atoms with Gasteiger partial charge in [-0.05, 0) is 23.8 Å². The summed E-state index contributed by atoms with van der Waals surface area (Å²) in [6.45, 7) is 0.406. The second-order valence-electron chi connectivity index (χ2n) is 5.76. The third kappa shape index (κ3) is 4.52. The number of rotatable bonds is 6. The molecule has 0 radical (unpaired) electrons. The van der Waals surface area contributed by atoms with E-state index in [9.17, 15) is 13.2 Å². The summed E-state index contributed by atoms with van der Waals surface area (Å²) in [5.41, 5.74) is 0.889. The van der Waals surface area contributed by atoms with E-state index in [0.717, 1.165) is 5.56 Å². The molecule has 9 heteroatoms. The first-order valence-corrected chi connectivity index (χ1v) is 10.5. The average Bonchev–Trinajstić information content (AvgIpc) is 3.05. The lowest BCUT2D eigenvalue weighted by Gasteiger charge is -2.07. The maximum atomic E-state index is 12.6. The van der Waals surface area contributed by atoms with Crippen molar-refractivity contribution in [2.24, 2.45) is 0 Å². The summed E-state index contributed by atoms with van der Waals surface area (Å²) < 4.78 is 26.8. The van der Waals surface area contributed by atoms with E-state index in [1.54, 1.807) is 10.6 Å². The van der Waals surface area contributed by atoms with Crippen molar-refractivity contribution in [3.63, 3.8) is 0 Å². The number of halogens is 3. The summed E-state index contributed by atoms with van der Waals surface area (Å²) in [5.74, 6) is -1.43. The van der Waals surface area contributed by atoms with E-state index < -0.39 is 21.4 Å². The standard InChI is InChI=1S/C18H13Cl3N2O3S/c19-13-5-2-1-4-12(13)8-23-9-16(22-11-23)17(24)10-27(25,26)18-14(20)6-3-7-15(18)21/h1-7,9,11H,8,10H2. The molecule has 2 aromatic carbocycles. The monoisotopic (exact) mass is 442 g/mol. The Labute approximate surface area is 171 Å². The lowest BCUT2D eigenvalue weighted by atomic mass is 10.2. The van der Waals surface area contributed by atoms with Crippen LogP contribution in [0.3, 0.4) is 0 Å². The molecular weight excluding hydrogens is 431 g/mol. The lowest BCUT2D eigenvalue weighted by molar-refractivity contribution is 0.101. The van der Waals surface area contributed by atoms with Gasteiger partial charge in [0.1, 0.15) is 16.3 Å². The molecular formula is C18H13Cl3N2O3S. The highest BCUT2D eigenvalue weighted by Gasteiger charge is 2.26. The zero-order valence-electron chi connectivity index (χ0n) is 13.8. The second-order valence-corrected chi connectivity index (χ2v) is 8.90. The van der Waals surface area contributed by atoms with Gasteiger partial charge in [-0.25, -0.2) is 13.4 Å². The van der Waals surface area contributed by atoms with Crippen LogP contribution in [0.2, 0.25) is 15.1 Å². The van der Waals surface area contributed by atoms with Crippen molar-refractivity contribution in [2.75, 3.05) is 5.75 Å². The first kappa shape index (κ1) is 19.9. The van der Waals surface area contributed by atoms with Gasteiger partial charge in [-0.15, -0.1) is 0 Å². The van der Waals surface area contributed by atoms with Crippen LogP contribution < -0.4 is 0 Å². The third-order valence-corrected chi connectivity index (χ3v) is 6.71. The van der Waals surface area contributed by atoms with Crippen LogP contribution in [0.1, 0.15) is 16.1 Å². The molecule has 0 N–H and O–H groups in total. The molecule has 0 saturated carbocycles. The van der Waals surface area contributed by atoms with Gasteiger partial charge < -0.3 is 4.57 Å². The van der Waals surface area contributed by atoms with Crippen LogP contribution >= 0.6 is 34.8 Å². The fourth-order valence-electron chi connectivity index (χ4n) is 2.51. The summed E-state index contributed by atoms with van der Waals surface area (Å²) in [6, 6.07) is 11.6. The van der Waals surface area contributed by atoms with Crippen molar-refractivity contribution in [3.8, 4) is 0 Å². The minimum Gasteiger partial charge on any atom is -0.332 e. The summed E-state index contributed by atoms with van der Waals surface area (Å²) in [6.07, 6.45) is 2.93. The molecule has 0 fully saturated rings. The highest BCUT2D eigenvalue weighted by molar-refractivity contribution is 7.92. The minimum absolute atomic E-state index is 0.0282. The molecule has 27 heavy (non-hydrogen) atoms. The van der Waals surface area contributed by atoms with Gasteiger partial charge in [-0.3, -0.25) is 4.79 Å². The van der Waals surface area contributed by atoms with Crippen LogP contribution in [0, 0.1) is 0 Å². The van der Waals surface area contributed by atoms with Gasteiger partial charge in [0.2, 0.25) is 0 Å². The van der Waals surface area contributed by atoms with E-state index in [4.69, 9.17) is 34.8 Å². The van der Waals surface area contributed by atoms with Crippen molar-refractivity contribution in [1.29, 1.82) is 0 Å². The number of aromatic nitrogens is 2. The molecule has 140 valence electrons.